The van der Waals surface area contributed by atoms with E-state index in [4.69, 9.17) is 9.84 Å². The predicted octanol–water partition coefficient (Wildman–Crippen LogP) is 4.49. The lowest BCUT2D eigenvalue weighted by molar-refractivity contribution is -0.136. The predicted molar refractivity (Wildman–Crippen MR) is 134 cm³/mol. The third-order valence-electron chi connectivity index (χ3n) is 6.69. The number of hydrogen-bond donors (Lipinski definition) is 3. The lowest BCUT2D eigenvalue weighted by Crippen LogP contribution is -2.45. The number of hydrogen-bond acceptors (Lipinski definition) is 5. The Hall–Kier alpha value is -2.28. The van der Waals surface area contributed by atoms with Crippen LogP contribution < -0.4 is 5.32 Å². The van der Waals surface area contributed by atoms with Gasteiger partial charge in [0.1, 0.15) is 0 Å². The molecule has 3 rings (SSSR count). The zero-order chi connectivity index (χ0) is 24.6. The third kappa shape index (κ3) is 7.90. The number of ether oxygens (including phenoxy) is 1. The molecule has 3 N–H and O–H groups in total. The summed E-state index contributed by atoms with van der Waals surface area (Å²) >= 11 is 0. The number of aliphatic hydroxyl groups is 1. The molecular weight excluding hydrogens is 428 g/mol. The summed E-state index contributed by atoms with van der Waals surface area (Å²) in [6.07, 6.45) is 8.16. The van der Waals surface area contributed by atoms with Gasteiger partial charge in [0, 0.05) is 30.9 Å². The molecule has 0 amide bonds. The van der Waals surface area contributed by atoms with Crippen molar-refractivity contribution in [2.75, 3.05) is 13.2 Å². The van der Waals surface area contributed by atoms with Crippen molar-refractivity contribution in [3.63, 3.8) is 0 Å². The van der Waals surface area contributed by atoms with Gasteiger partial charge in [0.15, 0.2) is 0 Å². The molecular formula is C28H40N2O4. The molecule has 1 unspecified atom stereocenters. The highest BCUT2D eigenvalue weighted by Crippen LogP contribution is 2.32. The van der Waals surface area contributed by atoms with Crippen LogP contribution in [-0.4, -0.2) is 46.0 Å². The van der Waals surface area contributed by atoms with E-state index < -0.39 is 12.1 Å². The number of nitrogens with one attached hydrogen (secondary N) is 1. The quantitative estimate of drug-likeness (QED) is 0.378. The second-order valence-corrected chi connectivity index (χ2v) is 10.2. The van der Waals surface area contributed by atoms with Crippen LogP contribution in [0.4, 0.5) is 0 Å². The highest BCUT2D eigenvalue weighted by molar-refractivity contribution is 5.67. The van der Waals surface area contributed by atoms with Crippen LogP contribution in [0, 0.1) is 5.92 Å². The Morgan fingerprint density at radius 2 is 1.94 bits per heavy atom. The van der Waals surface area contributed by atoms with Gasteiger partial charge in [-0.05, 0) is 80.2 Å². The molecule has 1 heterocycles. The van der Waals surface area contributed by atoms with Gasteiger partial charge in [-0.1, -0.05) is 37.6 Å². The van der Waals surface area contributed by atoms with E-state index in [1.807, 2.05) is 6.07 Å². The smallest absolute Gasteiger partial charge is 0.303 e. The fourth-order valence-corrected chi connectivity index (χ4v) is 5.06. The molecule has 0 radical (unpaired) electrons. The minimum absolute atomic E-state index is 0.0608. The van der Waals surface area contributed by atoms with Crippen molar-refractivity contribution in [3.8, 4) is 0 Å². The van der Waals surface area contributed by atoms with E-state index >= 15 is 0 Å². The monoisotopic (exact) mass is 468 g/mol. The summed E-state index contributed by atoms with van der Waals surface area (Å²) in [6, 6.07) is 10.6. The fraction of sp³-hybridized carbons (Fsp3) is 0.571. The molecule has 2 atom stereocenters. The first-order valence-electron chi connectivity index (χ1n) is 12.5. The molecule has 0 saturated heterocycles. The zero-order valence-electron chi connectivity index (χ0n) is 20.8. The lowest BCUT2D eigenvalue weighted by atomic mass is 9.88. The Morgan fingerprint density at radius 3 is 2.59 bits per heavy atom. The zero-order valence-corrected chi connectivity index (χ0v) is 20.8. The van der Waals surface area contributed by atoms with E-state index in [1.54, 1.807) is 12.4 Å². The number of benzene rings is 1. The summed E-state index contributed by atoms with van der Waals surface area (Å²) in [5.74, 6) is -0.202. The first-order valence-corrected chi connectivity index (χ1v) is 12.5. The van der Waals surface area contributed by atoms with E-state index in [-0.39, 0.29) is 24.7 Å². The molecule has 34 heavy (non-hydrogen) atoms. The standard InChI is InChI=1S/C28H40N2O4/c1-4-7-26(25-12-13-29-17-23(25)10-11-27(32)33)34-19-24(31)18-30-28(2,3)16-20-14-21-8-5-6-9-22(21)15-20/h5-6,8-9,12-13,17,20,24,26,30-31H,4,7,10-11,14-16,18-19H2,1-3H3,(H,32,33)/t24-,26?/m1/s1. The maximum absolute atomic E-state index is 11.0. The van der Waals surface area contributed by atoms with Crippen molar-refractivity contribution in [2.24, 2.45) is 5.92 Å². The summed E-state index contributed by atoms with van der Waals surface area (Å²) in [6.45, 7) is 7.19. The largest absolute Gasteiger partial charge is 0.481 e. The fourth-order valence-electron chi connectivity index (χ4n) is 5.06. The van der Waals surface area contributed by atoms with Crippen molar-refractivity contribution in [3.05, 3.63) is 65.0 Å². The first-order chi connectivity index (χ1) is 16.3. The highest BCUT2D eigenvalue weighted by atomic mass is 16.5. The molecule has 1 aromatic heterocycles. The molecule has 0 saturated carbocycles. The van der Waals surface area contributed by atoms with E-state index in [9.17, 15) is 9.90 Å². The molecule has 186 valence electrons. The van der Waals surface area contributed by atoms with Gasteiger partial charge in [-0.15, -0.1) is 0 Å². The molecule has 0 bridgehead atoms. The topological polar surface area (TPSA) is 91.7 Å². The Kier molecular flexibility index (Phi) is 9.63. The third-order valence-corrected chi connectivity index (χ3v) is 6.69. The number of nitrogens with zero attached hydrogens (tertiary/aromatic N) is 1. The molecule has 6 heteroatoms. The minimum atomic E-state index is -0.826. The number of carbonyl (C=O) groups is 1. The summed E-state index contributed by atoms with van der Waals surface area (Å²) < 4.78 is 6.15. The van der Waals surface area contributed by atoms with Crippen molar-refractivity contribution in [1.82, 2.24) is 10.3 Å². The first kappa shape index (κ1) is 26.3. The van der Waals surface area contributed by atoms with Crippen LogP contribution in [0.5, 0.6) is 0 Å². The Morgan fingerprint density at radius 1 is 1.24 bits per heavy atom. The molecule has 1 aromatic carbocycles. The van der Waals surface area contributed by atoms with Gasteiger partial charge >= 0.3 is 5.97 Å². The number of aromatic nitrogens is 1. The van der Waals surface area contributed by atoms with Crippen LogP contribution in [0.2, 0.25) is 0 Å². The summed E-state index contributed by atoms with van der Waals surface area (Å²) in [7, 11) is 0. The van der Waals surface area contributed by atoms with Crippen molar-refractivity contribution < 1.29 is 19.7 Å². The molecule has 2 aromatic rings. The minimum Gasteiger partial charge on any atom is -0.481 e. The molecule has 6 nitrogen and oxygen atoms in total. The number of pyridine rings is 1. The maximum Gasteiger partial charge on any atom is 0.303 e. The Balaban J connectivity index is 1.49. The van der Waals surface area contributed by atoms with E-state index in [1.165, 1.54) is 11.1 Å². The van der Waals surface area contributed by atoms with E-state index in [2.05, 4.69) is 55.3 Å². The Bertz CT molecular complexity index is 905. The summed E-state index contributed by atoms with van der Waals surface area (Å²) in [4.78, 5) is 15.2. The van der Waals surface area contributed by atoms with E-state index in [0.29, 0.717) is 18.9 Å². The van der Waals surface area contributed by atoms with Gasteiger partial charge in [-0.25, -0.2) is 0 Å². The normalized spacial score (nSPS) is 15.8. The number of aliphatic hydroxyl groups excluding tert-OH is 1. The molecule has 0 spiro atoms. The van der Waals surface area contributed by atoms with Crippen LogP contribution >= 0.6 is 0 Å². The van der Waals surface area contributed by atoms with Gasteiger partial charge in [0.05, 0.1) is 18.8 Å². The number of carboxylic acid groups (broad SMARTS) is 1. The van der Waals surface area contributed by atoms with Gasteiger partial charge in [0.2, 0.25) is 0 Å². The number of rotatable bonds is 14. The number of aryl methyl sites for hydroxylation is 1. The van der Waals surface area contributed by atoms with E-state index in [0.717, 1.165) is 43.2 Å². The summed E-state index contributed by atoms with van der Waals surface area (Å²) in [5, 5.41) is 23.2. The van der Waals surface area contributed by atoms with Crippen LogP contribution in [-0.2, 0) is 28.8 Å². The van der Waals surface area contributed by atoms with Crippen LogP contribution in [0.15, 0.2) is 42.7 Å². The van der Waals surface area contributed by atoms with Crippen LogP contribution in [0.1, 0.15) is 74.8 Å². The molecule has 0 aliphatic heterocycles. The van der Waals surface area contributed by atoms with Crippen molar-refractivity contribution in [2.45, 2.75) is 83.5 Å². The second-order valence-electron chi connectivity index (χ2n) is 10.2. The number of fused-ring (bicyclic) bond motifs is 1. The van der Waals surface area contributed by atoms with Gasteiger partial charge in [0.25, 0.3) is 0 Å². The SMILES string of the molecule is CCCC(OC[C@H](O)CNC(C)(C)CC1Cc2ccccc2C1)c1ccncc1CCC(=O)O. The van der Waals surface area contributed by atoms with Gasteiger partial charge in [-0.2, -0.15) is 0 Å². The molecule has 1 aliphatic rings. The Labute approximate surface area is 203 Å². The average molecular weight is 469 g/mol. The van der Waals surface area contributed by atoms with Crippen molar-refractivity contribution >= 4 is 5.97 Å². The van der Waals surface area contributed by atoms with Crippen LogP contribution in [0.25, 0.3) is 0 Å². The van der Waals surface area contributed by atoms with Gasteiger partial charge < -0.3 is 20.3 Å². The summed E-state index contributed by atoms with van der Waals surface area (Å²) in [5.41, 5.74) is 4.73. The van der Waals surface area contributed by atoms with Crippen molar-refractivity contribution in [1.29, 1.82) is 0 Å². The van der Waals surface area contributed by atoms with Gasteiger partial charge in [-0.3, -0.25) is 9.78 Å². The molecule has 0 fully saturated rings. The maximum atomic E-state index is 11.0. The van der Waals surface area contributed by atoms with Crippen LogP contribution in [0.3, 0.4) is 0 Å². The number of carboxylic acids is 1. The number of β-amino-alcohol motifs (C(OH)–C–C–N with tert-alkyl or cyclic N) is 1. The molecule has 1 aliphatic carbocycles. The number of aliphatic carboxylic acids is 1. The lowest BCUT2D eigenvalue weighted by Gasteiger charge is -2.31. The average Bonchev–Trinajstić information content (AvgIpc) is 3.21. The second kappa shape index (κ2) is 12.4. The highest BCUT2D eigenvalue weighted by Gasteiger charge is 2.28.